The molecule has 0 spiro atoms. The molecule has 4 rings (SSSR count). The number of hydrogen-bond donors (Lipinski definition) is 1. The predicted octanol–water partition coefficient (Wildman–Crippen LogP) is 3.31. The fourth-order valence-corrected chi connectivity index (χ4v) is 5.72. The van der Waals surface area contributed by atoms with Gasteiger partial charge in [0.05, 0.1) is 38.3 Å². The van der Waals surface area contributed by atoms with E-state index in [1.165, 1.54) is 30.6 Å². The maximum absolute atomic E-state index is 13.7. The van der Waals surface area contributed by atoms with Gasteiger partial charge in [0.25, 0.3) is 5.91 Å². The van der Waals surface area contributed by atoms with Gasteiger partial charge in [-0.15, -0.1) is 0 Å². The van der Waals surface area contributed by atoms with Gasteiger partial charge in [-0.2, -0.15) is 4.31 Å². The summed E-state index contributed by atoms with van der Waals surface area (Å²) in [6.45, 7) is 3.71. The number of rotatable bonds is 9. The Hall–Kier alpha value is -3.67. The lowest BCUT2D eigenvalue weighted by Gasteiger charge is -2.37. The maximum atomic E-state index is 13.7. The van der Waals surface area contributed by atoms with Crippen LogP contribution in [-0.4, -0.2) is 86.7 Å². The highest BCUT2D eigenvalue weighted by Gasteiger charge is 2.36. The Labute approximate surface area is 235 Å². The van der Waals surface area contributed by atoms with Crippen molar-refractivity contribution in [2.45, 2.75) is 30.9 Å². The van der Waals surface area contributed by atoms with Crippen molar-refractivity contribution in [3.05, 3.63) is 66.4 Å². The van der Waals surface area contributed by atoms with Gasteiger partial charge in [0, 0.05) is 31.3 Å². The largest absolute Gasteiger partial charge is 0.497 e. The lowest BCUT2D eigenvalue weighted by atomic mass is 9.99. The monoisotopic (exact) mass is 569 g/mol. The second-order valence-corrected chi connectivity index (χ2v) is 11.9. The van der Waals surface area contributed by atoms with Crippen molar-refractivity contribution in [1.82, 2.24) is 14.2 Å². The number of ether oxygens (including phenoxy) is 3. The van der Waals surface area contributed by atoms with E-state index in [4.69, 9.17) is 14.2 Å². The standard InChI is InChI=1S/C29H35N3O7S/c1-19-16-32(20(2)18-33)29(34)26-14-22(21-6-8-23(37-4)9-7-21)15-30-28(26)39-27(19)17-31(3)40(35,36)25-12-10-24(38-5)11-13-25/h6-15,19-20,27,33H,16-18H2,1-5H3/t19-,20+,27+/m1/s1. The van der Waals surface area contributed by atoms with Gasteiger partial charge >= 0.3 is 0 Å². The third-order valence-corrected chi connectivity index (χ3v) is 8.99. The van der Waals surface area contributed by atoms with Crippen LogP contribution in [0.4, 0.5) is 0 Å². The van der Waals surface area contributed by atoms with Gasteiger partial charge in [-0.05, 0) is 55.0 Å². The van der Waals surface area contributed by atoms with Crippen molar-refractivity contribution in [3.8, 4) is 28.5 Å². The van der Waals surface area contributed by atoms with E-state index in [0.29, 0.717) is 17.1 Å². The normalized spacial score (nSPS) is 18.4. The number of carbonyl (C=O) groups excluding carboxylic acids is 1. The van der Waals surface area contributed by atoms with Crippen LogP contribution in [0.25, 0.3) is 11.1 Å². The van der Waals surface area contributed by atoms with Crippen molar-refractivity contribution in [2.75, 3.05) is 41.0 Å². The topological polar surface area (TPSA) is 118 Å². The van der Waals surface area contributed by atoms with Gasteiger partial charge in [0.15, 0.2) is 0 Å². The number of aromatic nitrogens is 1. The highest BCUT2D eigenvalue weighted by atomic mass is 32.2. The van der Waals surface area contributed by atoms with Crippen LogP contribution in [0.3, 0.4) is 0 Å². The van der Waals surface area contributed by atoms with Crippen molar-refractivity contribution < 1.29 is 32.5 Å². The molecule has 2 aromatic carbocycles. The van der Waals surface area contributed by atoms with Crippen LogP contribution in [-0.2, 0) is 10.0 Å². The third kappa shape index (κ3) is 6.06. The van der Waals surface area contributed by atoms with E-state index < -0.39 is 22.2 Å². The lowest BCUT2D eigenvalue weighted by molar-refractivity contribution is 0.0373. The summed E-state index contributed by atoms with van der Waals surface area (Å²) in [6, 6.07) is 14.8. The molecule has 0 aliphatic carbocycles. The SMILES string of the molecule is COc1ccc(-c2cnc3c(c2)C(=O)N([C@@H](C)CO)C[C@@H](C)[C@H](CN(C)S(=O)(=O)c2ccc(OC)cc2)O3)cc1. The van der Waals surface area contributed by atoms with Crippen molar-refractivity contribution in [3.63, 3.8) is 0 Å². The summed E-state index contributed by atoms with van der Waals surface area (Å²) in [7, 11) is 0.766. The molecule has 0 saturated heterocycles. The van der Waals surface area contributed by atoms with E-state index in [9.17, 15) is 18.3 Å². The number of nitrogens with zero attached hydrogens (tertiary/aromatic N) is 3. The Morgan fingerprint density at radius 2 is 1.68 bits per heavy atom. The van der Waals surface area contributed by atoms with E-state index in [2.05, 4.69) is 4.98 Å². The molecule has 0 bridgehead atoms. The number of fused-ring (bicyclic) bond motifs is 1. The first-order chi connectivity index (χ1) is 19.1. The quantitative estimate of drug-likeness (QED) is 0.417. The molecule has 2 heterocycles. The van der Waals surface area contributed by atoms with Crippen LogP contribution in [0.2, 0.25) is 0 Å². The predicted molar refractivity (Wildman–Crippen MR) is 150 cm³/mol. The van der Waals surface area contributed by atoms with Gasteiger partial charge in [-0.25, -0.2) is 13.4 Å². The average molecular weight is 570 g/mol. The van der Waals surface area contributed by atoms with Gasteiger partial charge in [-0.3, -0.25) is 4.79 Å². The van der Waals surface area contributed by atoms with Crippen molar-refractivity contribution in [1.29, 1.82) is 0 Å². The molecule has 1 aromatic heterocycles. The molecule has 1 aliphatic heterocycles. The smallest absolute Gasteiger partial charge is 0.259 e. The molecule has 10 nitrogen and oxygen atoms in total. The zero-order valence-corrected chi connectivity index (χ0v) is 24.1. The molecule has 3 aromatic rings. The minimum Gasteiger partial charge on any atom is -0.497 e. The average Bonchev–Trinajstić information content (AvgIpc) is 2.98. The fourth-order valence-electron chi connectivity index (χ4n) is 4.54. The van der Waals surface area contributed by atoms with Crippen LogP contribution in [0.15, 0.2) is 65.7 Å². The zero-order valence-electron chi connectivity index (χ0n) is 23.3. The number of hydrogen-bond acceptors (Lipinski definition) is 8. The maximum Gasteiger partial charge on any atom is 0.259 e. The van der Waals surface area contributed by atoms with Crippen LogP contribution >= 0.6 is 0 Å². The van der Waals surface area contributed by atoms with Crippen molar-refractivity contribution in [2.24, 2.45) is 5.92 Å². The number of methoxy groups -OCH3 is 2. The summed E-state index contributed by atoms with van der Waals surface area (Å²) in [5, 5.41) is 9.92. The van der Waals surface area contributed by atoms with Crippen LogP contribution in [0, 0.1) is 5.92 Å². The highest BCUT2D eigenvalue weighted by Crippen LogP contribution is 2.31. The number of aliphatic hydroxyl groups is 1. The summed E-state index contributed by atoms with van der Waals surface area (Å²) >= 11 is 0. The lowest BCUT2D eigenvalue weighted by Crippen LogP contribution is -2.50. The Kier molecular flexibility index (Phi) is 8.97. The molecule has 3 atom stereocenters. The molecule has 214 valence electrons. The molecule has 11 heteroatoms. The summed E-state index contributed by atoms with van der Waals surface area (Å²) < 4.78 is 44.6. The Bertz CT molecular complexity index is 1430. The molecule has 0 unspecified atom stereocenters. The van der Waals surface area contributed by atoms with E-state index in [1.807, 2.05) is 31.2 Å². The molecular weight excluding hydrogens is 534 g/mol. The Morgan fingerprint density at radius 1 is 1.07 bits per heavy atom. The van der Waals surface area contributed by atoms with Gasteiger partial charge < -0.3 is 24.2 Å². The number of pyridine rings is 1. The number of aliphatic hydroxyl groups excluding tert-OH is 1. The number of sulfonamides is 1. The minimum atomic E-state index is -3.83. The molecule has 0 saturated carbocycles. The molecule has 0 fully saturated rings. The molecular formula is C29H35N3O7S. The Morgan fingerprint density at radius 3 is 2.25 bits per heavy atom. The van der Waals surface area contributed by atoms with E-state index in [0.717, 1.165) is 5.56 Å². The van der Waals surface area contributed by atoms with Crippen LogP contribution in [0.1, 0.15) is 24.2 Å². The number of benzene rings is 2. The van der Waals surface area contributed by atoms with Crippen LogP contribution < -0.4 is 14.2 Å². The van der Waals surface area contributed by atoms with Crippen LogP contribution in [0.5, 0.6) is 17.4 Å². The van der Waals surface area contributed by atoms with Gasteiger partial charge in [-0.1, -0.05) is 19.1 Å². The molecule has 1 amide bonds. The second-order valence-electron chi connectivity index (χ2n) is 9.89. The van der Waals surface area contributed by atoms with E-state index in [-0.39, 0.29) is 47.9 Å². The second kappa shape index (κ2) is 12.2. The number of carbonyl (C=O) groups is 1. The van der Waals surface area contributed by atoms with Gasteiger partial charge in [0.1, 0.15) is 23.2 Å². The van der Waals surface area contributed by atoms with Gasteiger partial charge in [0.2, 0.25) is 15.9 Å². The Balaban J connectivity index is 1.68. The first-order valence-corrected chi connectivity index (χ1v) is 14.4. The summed E-state index contributed by atoms with van der Waals surface area (Å²) in [6.07, 6.45) is 0.993. The number of likely N-dealkylation sites (N-methyl/N-ethyl adjacent to an activating group) is 1. The zero-order chi connectivity index (χ0) is 29.0. The van der Waals surface area contributed by atoms with E-state index >= 15 is 0 Å². The summed E-state index contributed by atoms with van der Waals surface area (Å²) in [5.74, 6) is 0.782. The highest BCUT2D eigenvalue weighted by molar-refractivity contribution is 7.89. The summed E-state index contributed by atoms with van der Waals surface area (Å²) in [5.41, 5.74) is 1.79. The summed E-state index contributed by atoms with van der Waals surface area (Å²) in [4.78, 5) is 19.9. The third-order valence-electron chi connectivity index (χ3n) is 7.15. The fraction of sp³-hybridized carbons (Fsp3) is 0.379. The minimum absolute atomic E-state index is 0.0203. The van der Waals surface area contributed by atoms with Crippen molar-refractivity contribution >= 4 is 15.9 Å². The molecule has 40 heavy (non-hydrogen) atoms. The molecule has 1 N–H and O–H groups in total. The first-order valence-electron chi connectivity index (χ1n) is 12.9. The molecule has 1 aliphatic rings. The number of amides is 1. The molecule has 0 radical (unpaired) electrons. The van der Waals surface area contributed by atoms with E-state index in [1.54, 1.807) is 43.3 Å². The first kappa shape index (κ1) is 29.3.